The SMILES string of the molecule is CNC(=O)CN(C)C(=O)[C@H](C)Oc1cccc(C=O)c1. The second-order valence-corrected chi connectivity index (χ2v) is 4.32. The Morgan fingerprint density at radius 2 is 2.15 bits per heavy atom. The molecule has 108 valence electrons. The Bertz CT molecular complexity index is 502. The van der Waals surface area contributed by atoms with Crippen LogP contribution in [0.4, 0.5) is 0 Å². The molecule has 20 heavy (non-hydrogen) atoms. The van der Waals surface area contributed by atoms with E-state index < -0.39 is 6.10 Å². The number of benzene rings is 1. The van der Waals surface area contributed by atoms with Crippen molar-refractivity contribution in [1.29, 1.82) is 0 Å². The van der Waals surface area contributed by atoms with Gasteiger partial charge in [-0.1, -0.05) is 12.1 Å². The minimum Gasteiger partial charge on any atom is -0.481 e. The number of ether oxygens (including phenoxy) is 1. The third kappa shape index (κ3) is 4.38. The summed E-state index contributed by atoms with van der Waals surface area (Å²) in [5.74, 6) is -0.134. The van der Waals surface area contributed by atoms with Crippen molar-refractivity contribution in [2.24, 2.45) is 0 Å². The van der Waals surface area contributed by atoms with Gasteiger partial charge < -0.3 is 15.0 Å². The molecule has 0 fully saturated rings. The number of likely N-dealkylation sites (N-methyl/N-ethyl adjacent to an activating group) is 2. The minimum atomic E-state index is -0.744. The Balaban J connectivity index is 2.64. The summed E-state index contributed by atoms with van der Waals surface area (Å²) in [6, 6.07) is 6.53. The summed E-state index contributed by atoms with van der Waals surface area (Å²) in [4.78, 5) is 35.2. The number of hydrogen-bond donors (Lipinski definition) is 1. The second-order valence-electron chi connectivity index (χ2n) is 4.32. The number of carbonyl (C=O) groups is 3. The second kappa shape index (κ2) is 7.28. The molecule has 1 N–H and O–H groups in total. The molecular formula is C14H18N2O4. The molecule has 1 aromatic rings. The lowest BCUT2D eigenvalue weighted by atomic mass is 10.2. The summed E-state index contributed by atoms with van der Waals surface area (Å²) in [7, 11) is 3.03. The fourth-order valence-electron chi connectivity index (χ4n) is 1.60. The Labute approximate surface area is 117 Å². The van der Waals surface area contributed by atoms with Crippen LogP contribution in [-0.4, -0.2) is 49.7 Å². The first kappa shape index (κ1) is 15.7. The van der Waals surface area contributed by atoms with Crippen molar-refractivity contribution in [3.8, 4) is 5.75 Å². The van der Waals surface area contributed by atoms with E-state index in [2.05, 4.69) is 5.32 Å². The maximum Gasteiger partial charge on any atom is 0.263 e. The lowest BCUT2D eigenvalue weighted by Crippen LogP contribution is -2.42. The molecule has 0 unspecified atom stereocenters. The Kier molecular flexibility index (Phi) is 5.71. The zero-order valence-electron chi connectivity index (χ0n) is 11.8. The predicted molar refractivity (Wildman–Crippen MR) is 73.6 cm³/mol. The highest BCUT2D eigenvalue weighted by molar-refractivity contribution is 5.86. The Morgan fingerprint density at radius 1 is 1.45 bits per heavy atom. The molecule has 1 aromatic carbocycles. The third-order valence-corrected chi connectivity index (χ3v) is 2.69. The quantitative estimate of drug-likeness (QED) is 0.768. The van der Waals surface area contributed by atoms with Crippen molar-refractivity contribution in [2.45, 2.75) is 13.0 Å². The number of aldehydes is 1. The molecular weight excluding hydrogens is 260 g/mol. The first-order valence-corrected chi connectivity index (χ1v) is 6.15. The number of rotatable bonds is 6. The van der Waals surface area contributed by atoms with Crippen molar-refractivity contribution in [2.75, 3.05) is 20.6 Å². The zero-order chi connectivity index (χ0) is 15.1. The fraction of sp³-hybridized carbons (Fsp3) is 0.357. The summed E-state index contributed by atoms with van der Waals surface area (Å²) >= 11 is 0. The number of hydrogen-bond acceptors (Lipinski definition) is 4. The summed E-state index contributed by atoms with van der Waals surface area (Å²) in [6.45, 7) is 1.56. The van der Waals surface area contributed by atoms with Crippen LogP contribution in [0.15, 0.2) is 24.3 Å². The van der Waals surface area contributed by atoms with Crippen molar-refractivity contribution < 1.29 is 19.1 Å². The molecule has 0 saturated carbocycles. The van der Waals surface area contributed by atoms with Gasteiger partial charge in [0, 0.05) is 19.7 Å². The van der Waals surface area contributed by atoms with Gasteiger partial charge in [-0.3, -0.25) is 14.4 Å². The van der Waals surface area contributed by atoms with Gasteiger partial charge in [-0.15, -0.1) is 0 Å². The van der Waals surface area contributed by atoms with Gasteiger partial charge in [-0.2, -0.15) is 0 Å². The van der Waals surface area contributed by atoms with E-state index in [0.29, 0.717) is 17.6 Å². The van der Waals surface area contributed by atoms with Crippen molar-refractivity contribution >= 4 is 18.1 Å². The first-order valence-electron chi connectivity index (χ1n) is 6.15. The van der Waals surface area contributed by atoms with E-state index in [1.54, 1.807) is 31.2 Å². The number of carbonyl (C=O) groups excluding carboxylic acids is 3. The average molecular weight is 278 g/mol. The number of nitrogens with zero attached hydrogens (tertiary/aromatic N) is 1. The molecule has 0 aliphatic heterocycles. The molecule has 6 heteroatoms. The van der Waals surface area contributed by atoms with Crippen molar-refractivity contribution in [3.63, 3.8) is 0 Å². The lowest BCUT2D eigenvalue weighted by Gasteiger charge is -2.21. The maximum absolute atomic E-state index is 12.0. The molecule has 0 bridgehead atoms. The van der Waals surface area contributed by atoms with Gasteiger partial charge in [0.25, 0.3) is 5.91 Å². The third-order valence-electron chi connectivity index (χ3n) is 2.69. The molecule has 6 nitrogen and oxygen atoms in total. The average Bonchev–Trinajstić information content (AvgIpc) is 2.46. The van der Waals surface area contributed by atoms with Crippen LogP contribution in [0.2, 0.25) is 0 Å². The maximum atomic E-state index is 12.0. The van der Waals surface area contributed by atoms with Gasteiger partial charge >= 0.3 is 0 Å². The van der Waals surface area contributed by atoms with Crippen LogP contribution in [0.3, 0.4) is 0 Å². The standard InChI is InChI=1S/C14H18N2O4/c1-10(14(19)16(3)8-13(18)15-2)20-12-6-4-5-11(7-12)9-17/h4-7,9-10H,8H2,1-3H3,(H,15,18)/t10-/m0/s1. The molecule has 1 rings (SSSR count). The van der Waals surface area contributed by atoms with E-state index in [1.807, 2.05) is 0 Å². The topological polar surface area (TPSA) is 75.7 Å². The molecule has 0 aromatic heterocycles. The van der Waals surface area contributed by atoms with E-state index in [1.165, 1.54) is 19.0 Å². The summed E-state index contributed by atoms with van der Waals surface area (Å²) < 4.78 is 5.47. The molecule has 0 aliphatic carbocycles. The van der Waals surface area contributed by atoms with Gasteiger partial charge in [0.1, 0.15) is 12.0 Å². The van der Waals surface area contributed by atoms with Gasteiger partial charge in [-0.25, -0.2) is 0 Å². The van der Waals surface area contributed by atoms with Crippen LogP contribution in [-0.2, 0) is 9.59 Å². The summed E-state index contributed by atoms with van der Waals surface area (Å²) in [6.07, 6.45) is -0.0385. The zero-order valence-corrected chi connectivity index (χ0v) is 11.8. The van der Waals surface area contributed by atoms with E-state index in [4.69, 9.17) is 4.74 Å². The molecule has 0 spiro atoms. The Morgan fingerprint density at radius 3 is 2.75 bits per heavy atom. The molecule has 0 radical (unpaired) electrons. The fourth-order valence-corrected chi connectivity index (χ4v) is 1.60. The molecule has 0 saturated heterocycles. The van der Waals surface area contributed by atoms with E-state index in [9.17, 15) is 14.4 Å². The summed E-state index contributed by atoms with van der Waals surface area (Å²) in [5, 5.41) is 2.44. The predicted octanol–water partition coefficient (Wildman–Crippen LogP) is 0.471. The van der Waals surface area contributed by atoms with Crippen LogP contribution in [0.1, 0.15) is 17.3 Å². The monoisotopic (exact) mass is 278 g/mol. The number of amides is 2. The first-order chi connectivity index (χ1) is 9.47. The van der Waals surface area contributed by atoms with Crippen molar-refractivity contribution in [1.82, 2.24) is 10.2 Å². The minimum absolute atomic E-state index is 0.0303. The van der Waals surface area contributed by atoms with Crippen LogP contribution < -0.4 is 10.1 Å². The normalized spacial score (nSPS) is 11.3. The summed E-state index contributed by atoms with van der Waals surface area (Å²) in [5.41, 5.74) is 0.473. The number of nitrogens with one attached hydrogen (secondary N) is 1. The highest BCUT2D eigenvalue weighted by Crippen LogP contribution is 2.14. The highest BCUT2D eigenvalue weighted by Gasteiger charge is 2.20. The smallest absolute Gasteiger partial charge is 0.263 e. The highest BCUT2D eigenvalue weighted by atomic mass is 16.5. The van der Waals surface area contributed by atoms with Gasteiger partial charge in [0.15, 0.2) is 6.10 Å². The van der Waals surface area contributed by atoms with Crippen LogP contribution in [0.25, 0.3) is 0 Å². The largest absolute Gasteiger partial charge is 0.481 e. The van der Waals surface area contributed by atoms with E-state index >= 15 is 0 Å². The molecule has 1 atom stereocenters. The molecule has 0 heterocycles. The lowest BCUT2D eigenvalue weighted by molar-refractivity contribution is -0.139. The van der Waals surface area contributed by atoms with Gasteiger partial charge in [-0.05, 0) is 19.1 Å². The van der Waals surface area contributed by atoms with Crippen molar-refractivity contribution in [3.05, 3.63) is 29.8 Å². The van der Waals surface area contributed by atoms with E-state index in [-0.39, 0.29) is 18.4 Å². The van der Waals surface area contributed by atoms with Gasteiger partial charge in [0.2, 0.25) is 5.91 Å². The van der Waals surface area contributed by atoms with Crippen LogP contribution in [0.5, 0.6) is 5.75 Å². The van der Waals surface area contributed by atoms with E-state index in [0.717, 1.165) is 0 Å². The molecule has 0 aliphatic rings. The van der Waals surface area contributed by atoms with Crippen LogP contribution in [0, 0.1) is 0 Å². The Hall–Kier alpha value is -2.37. The molecule has 2 amide bonds. The van der Waals surface area contributed by atoms with Gasteiger partial charge in [0.05, 0.1) is 6.54 Å². The van der Waals surface area contributed by atoms with Crippen LogP contribution >= 0.6 is 0 Å².